The molecule has 0 radical (unpaired) electrons. The van der Waals surface area contributed by atoms with Crippen molar-refractivity contribution in [2.45, 2.75) is 45.7 Å². The van der Waals surface area contributed by atoms with Crippen LogP contribution in [0.4, 0.5) is 0 Å². The molecule has 0 N–H and O–H groups in total. The van der Waals surface area contributed by atoms with Gasteiger partial charge in [-0.05, 0) is 49.9 Å². The van der Waals surface area contributed by atoms with E-state index in [0.29, 0.717) is 11.3 Å². The Morgan fingerprint density at radius 2 is 1.92 bits per heavy atom. The van der Waals surface area contributed by atoms with E-state index >= 15 is 0 Å². The minimum Gasteiger partial charge on any atom is -0.424 e. The van der Waals surface area contributed by atoms with Crippen LogP contribution >= 0.6 is 0 Å². The summed E-state index contributed by atoms with van der Waals surface area (Å²) >= 11 is 0. The molecular formula is C20H28N4O. The van der Waals surface area contributed by atoms with Crippen molar-refractivity contribution < 1.29 is 4.42 Å². The lowest BCUT2D eigenvalue weighted by atomic mass is 9.76. The number of likely N-dealkylation sites (tertiary alicyclic amines) is 2. The monoisotopic (exact) mass is 340 g/mol. The molecule has 0 aliphatic carbocycles. The highest BCUT2D eigenvalue weighted by molar-refractivity contribution is 5.16. The number of aromatic nitrogens is 2. The molecule has 2 fully saturated rings. The lowest BCUT2D eigenvalue weighted by Crippen LogP contribution is -2.41. The summed E-state index contributed by atoms with van der Waals surface area (Å²) in [6.07, 6.45) is 3.69. The molecule has 0 saturated carbocycles. The van der Waals surface area contributed by atoms with Crippen LogP contribution in [0.5, 0.6) is 0 Å². The summed E-state index contributed by atoms with van der Waals surface area (Å²) in [5.41, 5.74) is 1.75. The molecule has 134 valence electrons. The van der Waals surface area contributed by atoms with Crippen LogP contribution in [0.1, 0.15) is 49.6 Å². The second kappa shape index (κ2) is 6.89. The minimum atomic E-state index is 0.245. The summed E-state index contributed by atoms with van der Waals surface area (Å²) in [5.74, 6) is 1.46. The first-order chi connectivity index (χ1) is 12.2. The summed E-state index contributed by atoms with van der Waals surface area (Å²) in [5, 5.41) is 8.44. The van der Waals surface area contributed by atoms with Gasteiger partial charge in [-0.1, -0.05) is 37.3 Å². The Bertz CT molecular complexity index is 691. The average Bonchev–Trinajstić information content (AvgIpc) is 3.21. The van der Waals surface area contributed by atoms with Gasteiger partial charge in [0, 0.05) is 20.0 Å². The molecule has 2 aliphatic heterocycles. The zero-order chi connectivity index (χ0) is 17.3. The molecule has 5 nitrogen and oxygen atoms in total. The van der Waals surface area contributed by atoms with Gasteiger partial charge in [-0.15, -0.1) is 10.2 Å². The smallest absolute Gasteiger partial charge is 0.233 e. The maximum atomic E-state index is 5.84. The van der Waals surface area contributed by atoms with Crippen molar-refractivity contribution in [1.29, 1.82) is 0 Å². The van der Waals surface area contributed by atoms with Crippen LogP contribution in [0.25, 0.3) is 0 Å². The van der Waals surface area contributed by atoms with Gasteiger partial charge in [0.2, 0.25) is 11.8 Å². The van der Waals surface area contributed by atoms with Gasteiger partial charge in [0.05, 0.1) is 6.04 Å². The number of nitrogens with zero attached hydrogens (tertiary/aromatic N) is 4. The van der Waals surface area contributed by atoms with Gasteiger partial charge in [-0.25, -0.2) is 0 Å². The third-order valence-electron chi connectivity index (χ3n) is 6.02. The normalized spacial score (nSPS) is 24.2. The molecule has 1 aromatic heterocycles. The summed E-state index contributed by atoms with van der Waals surface area (Å²) in [7, 11) is 0. The Kier molecular flexibility index (Phi) is 4.61. The van der Waals surface area contributed by atoms with Crippen molar-refractivity contribution >= 4 is 0 Å². The lowest BCUT2D eigenvalue weighted by molar-refractivity contribution is 0.110. The molecule has 3 heterocycles. The van der Waals surface area contributed by atoms with E-state index in [1.807, 2.05) is 6.92 Å². The fraction of sp³-hybridized carbons (Fsp3) is 0.600. The van der Waals surface area contributed by atoms with Crippen LogP contribution in [0.2, 0.25) is 0 Å². The first-order valence-corrected chi connectivity index (χ1v) is 9.48. The first-order valence-electron chi connectivity index (χ1n) is 9.48. The minimum absolute atomic E-state index is 0.245. The van der Waals surface area contributed by atoms with Gasteiger partial charge in [-0.2, -0.15) is 0 Å². The van der Waals surface area contributed by atoms with E-state index in [-0.39, 0.29) is 6.04 Å². The quantitative estimate of drug-likeness (QED) is 0.853. The van der Waals surface area contributed by atoms with Crippen LogP contribution in [0, 0.1) is 12.3 Å². The Morgan fingerprint density at radius 3 is 2.56 bits per heavy atom. The molecule has 1 aromatic carbocycles. The van der Waals surface area contributed by atoms with Crippen molar-refractivity contribution in [1.82, 2.24) is 20.0 Å². The highest BCUT2D eigenvalue weighted by atomic mass is 16.4. The van der Waals surface area contributed by atoms with Crippen LogP contribution in [-0.4, -0.2) is 46.2 Å². The summed E-state index contributed by atoms with van der Waals surface area (Å²) < 4.78 is 5.84. The molecule has 5 heteroatoms. The van der Waals surface area contributed by atoms with E-state index in [1.54, 1.807) is 0 Å². The molecule has 1 unspecified atom stereocenters. The summed E-state index contributed by atoms with van der Waals surface area (Å²) in [6.45, 7) is 9.81. The molecule has 0 amide bonds. The predicted octanol–water partition coefficient (Wildman–Crippen LogP) is 3.43. The lowest BCUT2D eigenvalue weighted by Gasteiger charge is -2.39. The molecule has 0 bridgehead atoms. The van der Waals surface area contributed by atoms with Gasteiger partial charge in [0.25, 0.3) is 0 Å². The first kappa shape index (κ1) is 16.7. The standard InChI is InChI=1S/C20H28N4O/c1-3-23-11-9-20(10-12-23)13-18(19-22-21-16(2)25-19)24(15-20)14-17-7-5-4-6-8-17/h4-8,18H,3,9-15H2,1-2H3. The van der Waals surface area contributed by atoms with Gasteiger partial charge in [0.1, 0.15) is 0 Å². The second-order valence-electron chi connectivity index (χ2n) is 7.70. The van der Waals surface area contributed by atoms with Crippen LogP contribution < -0.4 is 0 Å². The molecule has 1 spiro atoms. The van der Waals surface area contributed by atoms with E-state index in [0.717, 1.165) is 31.9 Å². The van der Waals surface area contributed by atoms with Gasteiger partial charge in [0.15, 0.2) is 0 Å². The fourth-order valence-electron chi connectivity index (χ4n) is 4.52. The van der Waals surface area contributed by atoms with E-state index in [9.17, 15) is 0 Å². The zero-order valence-electron chi connectivity index (χ0n) is 15.3. The average molecular weight is 340 g/mol. The highest BCUT2D eigenvalue weighted by Gasteiger charge is 2.47. The zero-order valence-corrected chi connectivity index (χ0v) is 15.3. The summed E-state index contributed by atoms with van der Waals surface area (Å²) in [6, 6.07) is 11.0. The van der Waals surface area contributed by atoms with Gasteiger partial charge >= 0.3 is 0 Å². The Morgan fingerprint density at radius 1 is 1.16 bits per heavy atom. The number of benzene rings is 1. The molecule has 4 rings (SSSR count). The molecule has 25 heavy (non-hydrogen) atoms. The molecule has 2 aromatic rings. The van der Waals surface area contributed by atoms with E-state index in [4.69, 9.17) is 4.42 Å². The maximum absolute atomic E-state index is 5.84. The second-order valence-corrected chi connectivity index (χ2v) is 7.70. The Labute approximate surface area is 150 Å². The van der Waals surface area contributed by atoms with Gasteiger partial charge < -0.3 is 9.32 Å². The van der Waals surface area contributed by atoms with Crippen molar-refractivity contribution in [3.8, 4) is 0 Å². The SMILES string of the molecule is CCN1CCC2(CC1)CC(c1nnc(C)o1)N(Cc1ccccc1)C2. The topological polar surface area (TPSA) is 45.4 Å². The molecule has 1 atom stereocenters. The number of rotatable bonds is 4. The maximum Gasteiger partial charge on any atom is 0.233 e. The predicted molar refractivity (Wildman–Crippen MR) is 97.0 cm³/mol. The van der Waals surface area contributed by atoms with Crippen molar-refractivity contribution in [3.05, 3.63) is 47.7 Å². The van der Waals surface area contributed by atoms with Crippen molar-refractivity contribution in [3.63, 3.8) is 0 Å². The van der Waals surface area contributed by atoms with E-state index < -0.39 is 0 Å². The van der Waals surface area contributed by atoms with Crippen molar-refractivity contribution in [2.75, 3.05) is 26.2 Å². The van der Waals surface area contributed by atoms with Crippen LogP contribution in [-0.2, 0) is 6.54 Å². The van der Waals surface area contributed by atoms with E-state index in [1.165, 1.54) is 31.5 Å². The third kappa shape index (κ3) is 3.48. The number of hydrogen-bond acceptors (Lipinski definition) is 5. The fourth-order valence-corrected chi connectivity index (χ4v) is 4.52. The number of piperidine rings is 1. The van der Waals surface area contributed by atoms with E-state index in [2.05, 4.69) is 57.3 Å². The third-order valence-corrected chi connectivity index (χ3v) is 6.02. The van der Waals surface area contributed by atoms with Gasteiger partial charge in [-0.3, -0.25) is 4.90 Å². The molecular weight excluding hydrogens is 312 g/mol. The van der Waals surface area contributed by atoms with Crippen LogP contribution in [0.15, 0.2) is 34.7 Å². The van der Waals surface area contributed by atoms with Crippen LogP contribution in [0.3, 0.4) is 0 Å². The Hall–Kier alpha value is -1.72. The van der Waals surface area contributed by atoms with Crippen molar-refractivity contribution in [2.24, 2.45) is 5.41 Å². The molecule has 2 aliphatic rings. The highest BCUT2D eigenvalue weighted by Crippen LogP contribution is 2.49. The molecule has 2 saturated heterocycles. The largest absolute Gasteiger partial charge is 0.424 e. The number of hydrogen-bond donors (Lipinski definition) is 0. The number of aryl methyl sites for hydroxylation is 1. The summed E-state index contributed by atoms with van der Waals surface area (Å²) in [4.78, 5) is 5.13. The Balaban J connectivity index is 1.56.